The molecule has 3 aromatic rings. The molecule has 0 aromatic heterocycles. The zero-order chi connectivity index (χ0) is 33.5. The number of halogens is 2. The third kappa shape index (κ3) is 8.65. The first-order chi connectivity index (χ1) is 21.2. The molecular formula is C31H36Cl2N4O7S. The molecule has 0 bridgehead atoms. The summed E-state index contributed by atoms with van der Waals surface area (Å²) in [6.45, 7) is 6.21. The molecule has 14 heteroatoms. The van der Waals surface area contributed by atoms with Crippen molar-refractivity contribution in [2.45, 2.75) is 64.1 Å². The minimum absolute atomic E-state index is 0.0747. The highest BCUT2D eigenvalue weighted by Gasteiger charge is 2.34. The zero-order valence-electron chi connectivity index (χ0n) is 25.6. The van der Waals surface area contributed by atoms with Crippen molar-refractivity contribution in [2.24, 2.45) is 0 Å². The average molecular weight is 680 g/mol. The molecule has 0 fully saturated rings. The fourth-order valence-corrected chi connectivity index (χ4v) is 6.30. The SMILES string of the molecule is CC[C@H](C)NC(=O)[C@H](CC)N(Cc1ccc(Cl)c(Cl)c1)C(=O)CN(c1ccc(OC)cc1)S(=O)(=O)c1ccc(C)c([N+](=O)[O-])c1. The highest BCUT2D eigenvalue weighted by atomic mass is 35.5. The average Bonchev–Trinajstić information content (AvgIpc) is 3.01. The number of ether oxygens (including phenoxy) is 1. The van der Waals surface area contributed by atoms with Gasteiger partial charge in [0.05, 0.1) is 32.7 Å². The Morgan fingerprint density at radius 2 is 1.67 bits per heavy atom. The van der Waals surface area contributed by atoms with E-state index in [1.54, 1.807) is 25.1 Å². The van der Waals surface area contributed by atoms with Gasteiger partial charge in [0.25, 0.3) is 15.7 Å². The highest BCUT2D eigenvalue weighted by Crippen LogP contribution is 2.30. The quantitative estimate of drug-likeness (QED) is 0.160. The highest BCUT2D eigenvalue weighted by molar-refractivity contribution is 7.92. The summed E-state index contributed by atoms with van der Waals surface area (Å²) in [5.74, 6) is -0.635. The van der Waals surface area contributed by atoms with Crippen LogP contribution in [0, 0.1) is 17.0 Å². The van der Waals surface area contributed by atoms with E-state index in [0.717, 1.165) is 10.4 Å². The first-order valence-corrected chi connectivity index (χ1v) is 16.4. The van der Waals surface area contributed by atoms with Crippen molar-refractivity contribution in [3.8, 4) is 5.75 Å². The molecule has 2 amide bonds. The van der Waals surface area contributed by atoms with Crippen LogP contribution in [0.25, 0.3) is 0 Å². The molecule has 0 radical (unpaired) electrons. The second-order valence-electron chi connectivity index (χ2n) is 10.4. The number of carbonyl (C=O) groups is 2. The number of carbonyl (C=O) groups excluding carboxylic acids is 2. The number of nitrogens with one attached hydrogen (secondary N) is 1. The van der Waals surface area contributed by atoms with Crippen LogP contribution in [0.5, 0.6) is 5.75 Å². The van der Waals surface area contributed by atoms with Crippen LogP contribution in [0.4, 0.5) is 11.4 Å². The molecule has 242 valence electrons. The number of anilines is 1. The lowest BCUT2D eigenvalue weighted by atomic mass is 10.1. The summed E-state index contributed by atoms with van der Waals surface area (Å²) in [5, 5.41) is 15.1. The number of nitro groups is 1. The standard InChI is InChI=1S/C31H36Cl2N4O7S/c1-6-21(4)34-31(39)28(7-2)35(18-22-9-15-26(32)27(33)16-22)30(38)19-36(23-10-12-24(44-5)13-11-23)45(42,43)25-14-8-20(3)29(17-25)37(40)41/h8-17,21,28H,6-7,18-19H2,1-5H3,(H,34,39)/t21-,28-/m0/s1. The number of nitro benzene ring substituents is 1. The largest absolute Gasteiger partial charge is 0.497 e. The van der Waals surface area contributed by atoms with Crippen LogP contribution in [-0.2, 0) is 26.2 Å². The van der Waals surface area contributed by atoms with E-state index in [4.69, 9.17) is 27.9 Å². The second kappa shape index (κ2) is 15.4. The Balaban J connectivity index is 2.13. The Morgan fingerprint density at radius 3 is 2.22 bits per heavy atom. The first kappa shape index (κ1) is 35.6. The molecule has 0 heterocycles. The normalized spacial score (nSPS) is 12.6. The van der Waals surface area contributed by atoms with Gasteiger partial charge >= 0.3 is 0 Å². The number of benzene rings is 3. The number of rotatable bonds is 14. The van der Waals surface area contributed by atoms with Gasteiger partial charge in [-0.05, 0) is 74.7 Å². The maximum absolute atomic E-state index is 14.2. The number of methoxy groups -OCH3 is 1. The molecule has 1 N–H and O–H groups in total. The van der Waals surface area contributed by atoms with E-state index >= 15 is 0 Å². The molecule has 0 saturated heterocycles. The van der Waals surface area contributed by atoms with Gasteiger partial charge in [-0.1, -0.05) is 49.2 Å². The van der Waals surface area contributed by atoms with E-state index in [1.807, 2.05) is 13.8 Å². The lowest BCUT2D eigenvalue weighted by Crippen LogP contribution is -2.53. The van der Waals surface area contributed by atoms with E-state index in [0.29, 0.717) is 22.8 Å². The molecular weight excluding hydrogens is 643 g/mol. The minimum Gasteiger partial charge on any atom is -0.497 e. The number of nitrogens with zero attached hydrogens (tertiary/aromatic N) is 3. The molecule has 0 aliphatic rings. The van der Waals surface area contributed by atoms with Crippen LogP contribution in [0.15, 0.2) is 65.6 Å². The van der Waals surface area contributed by atoms with E-state index < -0.39 is 39.3 Å². The lowest BCUT2D eigenvalue weighted by molar-refractivity contribution is -0.385. The number of hydrogen-bond acceptors (Lipinski definition) is 7. The maximum atomic E-state index is 14.2. The van der Waals surface area contributed by atoms with E-state index in [9.17, 15) is 28.1 Å². The van der Waals surface area contributed by atoms with Crippen molar-refractivity contribution in [1.82, 2.24) is 10.2 Å². The number of aryl methyl sites for hydroxylation is 1. The minimum atomic E-state index is -4.53. The molecule has 45 heavy (non-hydrogen) atoms. The third-order valence-corrected chi connectivity index (χ3v) is 9.84. The molecule has 0 unspecified atom stereocenters. The van der Waals surface area contributed by atoms with Gasteiger partial charge in [-0.15, -0.1) is 0 Å². The summed E-state index contributed by atoms with van der Waals surface area (Å²) in [6.07, 6.45) is 0.893. The van der Waals surface area contributed by atoms with Gasteiger partial charge in [0.2, 0.25) is 11.8 Å². The van der Waals surface area contributed by atoms with E-state index in [2.05, 4.69) is 5.32 Å². The molecule has 3 aromatic carbocycles. The van der Waals surface area contributed by atoms with Crippen molar-refractivity contribution in [3.05, 3.63) is 92.0 Å². The summed E-state index contributed by atoms with van der Waals surface area (Å²) >= 11 is 12.3. The molecule has 0 saturated carbocycles. The summed E-state index contributed by atoms with van der Waals surface area (Å²) < 4.78 is 34.3. The molecule has 11 nitrogen and oxygen atoms in total. The smallest absolute Gasteiger partial charge is 0.273 e. The van der Waals surface area contributed by atoms with Gasteiger partial charge in [-0.25, -0.2) is 8.42 Å². The fourth-order valence-electron chi connectivity index (χ4n) is 4.55. The molecule has 0 spiro atoms. The number of sulfonamides is 1. The van der Waals surface area contributed by atoms with Crippen molar-refractivity contribution in [3.63, 3.8) is 0 Å². The fraction of sp³-hybridized carbons (Fsp3) is 0.355. The monoisotopic (exact) mass is 678 g/mol. The van der Waals surface area contributed by atoms with Crippen molar-refractivity contribution >= 4 is 56.4 Å². The van der Waals surface area contributed by atoms with Crippen LogP contribution >= 0.6 is 23.2 Å². The van der Waals surface area contributed by atoms with Crippen molar-refractivity contribution in [1.29, 1.82) is 0 Å². The van der Waals surface area contributed by atoms with Gasteiger partial charge in [0, 0.05) is 24.2 Å². The van der Waals surface area contributed by atoms with E-state index in [-0.39, 0.29) is 45.9 Å². The van der Waals surface area contributed by atoms with Crippen LogP contribution in [0.1, 0.15) is 44.7 Å². The Kier molecular flexibility index (Phi) is 12.2. The van der Waals surface area contributed by atoms with Crippen molar-refractivity contribution < 1.29 is 27.7 Å². The van der Waals surface area contributed by atoms with E-state index in [1.165, 1.54) is 55.3 Å². The summed E-state index contributed by atoms with van der Waals surface area (Å²) in [7, 11) is -3.08. The van der Waals surface area contributed by atoms with Crippen molar-refractivity contribution in [2.75, 3.05) is 18.0 Å². The van der Waals surface area contributed by atoms with Crippen LogP contribution in [0.3, 0.4) is 0 Å². The Labute approximate surface area is 273 Å². The van der Waals surface area contributed by atoms with Gasteiger partial charge in [0.15, 0.2) is 0 Å². The molecule has 0 aliphatic carbocycles. The second-order valence-corrected chi connectivity index (χ2v) is 13.1. The topological polar surface area (TPSA) is 139 Å². The van der Waals surface area contributed by atoms with Gasteiger partial charge in [-0.2, -0.15) is 0 Å². The number of hydrogen-bond donors (Lipinski definition) is 1. The van der Waals surface area contributed by atoms with Gasteiger partial charge in [-0.3, -0.25) is 24.0 Å². The van der Waals surface area contributed by atoms with Crippen LogP contribution in [0.2, 0.25) is 10.0 Å². The third-order valence-electron chi connectivity index (χ3n) is 7.33. The molecule has 3 rings (SSSR count). The van der Waals surface area contributed by atoms with Gasteiger partial charge in [0.1, 0.15) is 18.3 Å². The Bertz CT molecular complexity index is 1650. The summed E-state index contributed by atoms with van der Waals surface area (Å²) in [6, 6.07) is 13.2. The van der Waals surface area contributed by atoms with Crippen LogP contribution < -0.4 is 14.4 Å². The van der Waals surface area contributed by atoms with Gasteiger partial charge < -0.3 is 15.0 Å². The maximum Gasteiger partial charge on any atom is 0.273 e. The summed E-state index contributed by atoms with van der Waals surface area (Å²) in [4.78, 5) is 39.5. The molecule has 2 atom stereocenters. The molecule has 0 aliphatic heterocycles. The Morgan fingerprint density at radius 1 is 1.00 bits per heavy atom. The summed E-state index contributed by atoms with van der Waals surface area (Å²) in [5.41, 5.74) is 0.572. The number of amides is 2. The zero-order valence-corrected chi connectivity index (χ0v) is 27.9. The van der Waals surface area contributed by atoms with Crippen LogP contribution in [-0.4, -0.2) is 55.8 Å². The first-order valence-electron chi connectivity index (χ1n) is 14.2. The predicted molar refractivity (Wildman–Crippen MR) is 174 cm³/mol. The predicted octanol–water partition coefficient (Wildman–Crippen LogP) is 6.14. The Hall–Kier alpha value is -3.87. The lowest BCUT2D eigenvalue weighted by Gasteiger charge is -2.33.